The number of rotatable bonds is 8. The highest BCUT2D eigenvalue weighted by molar-refractivity contribution is 6.33. The predicted octanol–water partition coefficient (Wildman–Crippen LogP) is -0.865. The maximum Gasteiger partial charge on any atom is 0.425 e. The van der Waals surface area contributed by atoms with Crippen molar-refractivity contribution in [3.05, 3.63) is 0 Å². The van der Waals surface area contributed by atoms with Crippen molar-refractivity contribution < 1.29 is 48.5 Å². The van der Waals surface area contributed by atoms with E-state index in [0.717, 1.165) is 0 Å². The summed E-state index contributed by atoms with van der Waals surface area (Å²) in [4.78, 5) is 67.5. The van der Waals surface area contributed by atoms with E-state index in [1.54, 1.807) is 12.1 Å². The van der Waals surface area contributed by atoms with Crippen LogP contribution in [0.3, 0.4) is 0 Å². The lowest BCUT2D eigenvalue weighted by Crippen LogP contribution is -2.34. The van der Waals surface area contributed by atoms with Gasteiger partial charge in [0.1, 0.15) is 0 Å². The predicted molar refractivity (Wildman–Crippen MR) is 74.1 cm³/mol. The fourth-order valence-electron chi connectivity index (χ4n) is 1.51. The van der Waals surface area contributed by atoms with Gasteiger partial charge >= 0.3 is 35.8 Å². The molecule has 0 saturated heterocycles. The standard InChI is InChI=1S/C14H12N2O10/c15-5-1-3-7(9(17)18)11(21)25-13(23)14(24)26-12(22)8(10(19)20)4-2-6-16/h7-8H,1-4H2,(H,17,18)(H,19,20). The number of nitriles is 2. The molecule has 0 aliphatic rings. The van der Waals surface area contributed by atoms with Crippen LogP contribution in [0, 0.1) is 34.5 Å². The van der Waals surface area contributed by atoms with Gasteiger partial charge in [0.05, 0.1) is 12.1 Å². The number of hydrogen-bond donors (Lipinski definition) is 2. The zero-order valence-corrected chi connectivity index (χ0v) is 13.0. The largest absolute Gasteiger partial charge is 0.481 e. The van der Waals surface area contributed by atoms with Gasteiger partial charge in [-0.15, -0.1) is 0 Å². The van der Waals surface area contributed by atoms with E-state index < -0.39 is 60.5 Å². The van der Waals surface area contributed by atoms with E-state index in [-0.39, 0.29) is 12.8 Å². The molecule has 0 bridgehead atoms. The highest BCUT2D eigenvalue weighted by atomic mass is 16.6. The molecular formula is C14H12N2O10. The van der Waals surface area contributed by atoms with Gasteiger partial charge in [-0.1, -0.05) is 0 Å². The third-order valence-corrected chi connectivity index (χ3v) is 2.81. The first-order valence-corrected chi connectivity index (χ1v) is 6.86. The Bertz CT molecular complexity index is 639. The number of esters is 4. The minimum absolute atomic E-state index is 0.345. The second kappa shape index (κ2) is 10.9. The van der Waals surface area contributed by atoms with E-state index in [4.69, 9.17) is 20.7 Å². The molecular weight excluding hydrogens is 356 g/mol. The van der Waals surface area contributed by atoms with Crippen LogP contribution < -0.4 is 0 Å². The second-order valence-electron chi connectivity index (χ2n) is 4.59. The number of aliphatic carboxylic acids is 2. The number of carboxylic acid groups (broad SMARTS) is 2. The van der Waals surface area contributed by atoms with Crippen LogP contribution in [0.4, 0.5) is 0 Å². The molecule has 12 nitrogen and oxygen atoms in total. The minimum Gasteiger partial charge on any atom is -0.481 e. The summed E-state index contributed by atoms with van der Waals surface area (Å²) < 4.78 is 7.92. The molecule has 0 aliphatic carbocycles. The van der Waals surface area contributed by atoms with Gasteiger partial charge in [0.15, 0.2) is 11.8 Å². The van der Waals surface area contributed by atoms with Gasteiger partial charge in [-0.2, -0.15) is 10.5 Å². The quantitative estimate of drug-likeness (QED) is 0.304. The normalized spacial score (nSPS) is 11.8. The number of nitrogens with zero attached hydrogens (tertiary/aromatic N) is 2. The molecule has 0 fully saturated rings. The summed E-state index contributed by atoms with van der Waals surface area (Å²) in [6.07, 6.45) is -1.66. The van der Waals surface area contributed by atoms with Crippen molar-refractivity contribution in [2.24, 2.45) is 11.8 Å². The van der Waals surface area contributed by atoms with Crippen LogP contribution in [0.1, 0.15) is 25.7 Å². The molecule has 0 aromatic carbocycles. The Kier molecular flexibility index (Phi) is 9.29. The molecule has 0 aromatic rings. The van der Waals surface area contributed by atoms with Crippen LogP contribution in [-0.2, 0) is 38.2 Å². The molecule has 2 N–H and O–H groups in total. The van der Waals surface area contributed by atoms with Crippen molar-refractivity contribution in [2.75, 3.05) is 0 Å². The summed E-state index contributed by atoms with van der Waals surface area (Å²) in [7, 11) is 0. The van der Waals surface area contributed by atoms with Crippen molar-refractivity contribution in [1.29, 1.82) is 10.5 Å². The molecule has 12 heteroatoms. The highest BCUT2D eigenvalue weighted by Gasteiger charge is 2.35. The fraction of sp³-hybridized carbons (Fsp3) is 0.429. The molecule has 0 spiro atoms. The molecule has 0 aromatic heterocycles. The zero-order chi connectivity index (χ0) is 20.3. The fourth-order valence-corrected chi connectivity index (χ4v) is 1.51. The van der Waals surface area contributed by atoms with Gasteiger partial charge in [0.25, 0.3) is 0 Å². The van der Waals surface area contributed by atoms with Crippen LogP contribution >= 0.6 is 0 Å². The van der Waals surface area contributed by atoms with E-state index in [9.17, 15) is 28.8 Å². The van der Waals surface area contributed by atoms with Gasteiger partial charge in [-0.3, -0.25) is 19.2 Å². The number of hydrogen-bond acceptors (Lipinski definition) is 10. The second-order valence-corrected chi connectivity index (χ2v) is 4.59. The molecule has 0 amide bonds. The summed E-state index contributed by atoms with van der Waals surface area (Å²) in [5.74, 6) is -14.6. The molecule has 26 heavy (non-hydrogen) atoms. The van der Waals surface area contributed by atoms with Gasteiger partial charge in [0, 0.05) is 12.8 Å². The van der Waals surface area contributed by atoms with E-state index in [0.29, 0.717) is 0 Å². The van der Waals surface area contributed by atoms with Crippen molar-refractivity contribution in [3.8, 4) is 12.1 Å². The Balaban J connectivity index is 4.87. The topological polar surface area (TPSA) is 209 Å². The average Bonchev–Trinajstić information content (AvgIpc) is 2.54. The SMILES string of the molecule is N#CCCC(C(=O)O)C(=O)OC(=O)C(=O)OC(=O)C(CCC#N)C(=O)O. The van der Waals surface area contributed by atoms with Crippen LogP contribution in [-0.4, -0.2) is 46.0 Å². The van der Waals surface area contributed by atoms with E-state index in [1.165, 1.54) is 0 Å². The molecule has 0 radical (unpaired) electrons. The first-order chi connectivity index (χ1) is 12.1. The maximum absolute atomic E-state index is 11.5. The van der Waals surface area contributed by atoms with E-state index in [1.807, 2.05) is 0 Å². The minimum atomic E-state index is -2.03. The summed E-state index contributed by atoms with van der Waals surface area (Å²) in [5.41, 5.74) is 0. The average molecular weight is 368 g/mol. The van der Waals surface area contributed by atoms with Crippen LogP contribution in [0.2, 0.25) is 0 Å². The third-order valence-electron chi connectivity index (χ3n) is 2.81. The summed E-state index contributed by atoms with van der Waals surface area (Å²) in [6, 6.07) is 3.16. The molecule has 0 heterocycles. The lowest BCUT2D eigenvalue weighted by molar-refractivity contribution is -0.182. The monoisotopic (exact) mass is 368 g/mol. The number of ether oxygens (including phenoxy) is 2. The zero-order valence-electron chi connectivity index (χ0n) is 13.0. The van der Waals surface area contributed by atoms with Crippen LogP contribution in [0.25, 0.3) is 0 Å². The smallest absolute Gasteiger partial charge is 0.425 e. The lowest BCUT2D eigenvalue weighted by Gasteiger charge is -2.10. The van der Waals surface area contributed by atoms with Gasteiger partial charge in [-0.05, 0) is 12.8 Å². The Morgan fingerprint density at radius 1 is 0.731 bits per heavy atom. The molecule has 0 aliphatic heterocycles. The lowest BCUT2D eigenvalue weighted by atomic mass is 10.0. The van der Waals surface area contributed by atoms with Crippen LogP contribution in [0.15, 0.2) is 0 Å². The molecule has 2 unspecified atom stereocenters. The van der Waals surface area contributed by atoms with E-state index >= 15 is 0 Å². The van der Waals surface area contributed by atoms with Gasteiger partial charge < -0.3 is 19.7 Å². The van der Waals surface area contributed by atoms with Gasteiger partial charge in [0.2, 0.25) is 0 Å². The van der Waals surface area contributed by atoms with Gasteiger partial charge in [-0.25, -0.2) is 9.59 Å². The maximum atomic E-state index is 11.5. The molecule has 0 saturated carbocycles. The Morgan fingerprint density at radius 3 is 1.27 bits per heavy atom. The molecule has 138 valence electrons. The highest BCUT2D eigenvalue weighted by Crippen LogP contribution is 2.11. The molecule has 0 rings (SSSR count). The van der Waals surface area contributed by atoms with Crippen molar-refractivity contribution >= 4 is 35.8 Å². The van der Waals surface area contributed by atoms with Crippen molar-refractivity contribution in [1.82, 2.24) is 0 Å². The van der Waals surface area contributed by atoms with E-state index in [2.05, 4.69) is 9.47 Å². The first kappa shape index (κ1) is 22.2. The molecule has 2 atom stereocenters. The summed E-state index contributed by atoms with van der Waals surface area (Å²) in [6.45, 7) is 0. The Hall–Kier alpha value is -3.80. The number of carbonyl (C=O) groups excluding carboxylic acids is 4. The summed E-state index contributed by atoms with van der Waals surface area (Å²) in [5, 5.41) is 34.3. The van der Waals surface area contributed by atoms with Crippen LogP contribution in [0.5, 0.6) is 0 Å². The van der Waals surface area contributed by atoms with Crippen molar-refractivity contribution in [2.45, 2.75) is 25.7 Å². The van der Waals surface area contributed by atoms with Crippen molar-refractivity contribution in [3.63, 3.8) is 0 Å². The Labute approximate surface area is 145 Å². The summed E-state index contributed by atoms with van der Waals surface area (Å²) >= 11 is 0. The first-order valence-electron chi connectivity index (χ1n) is 6.86. The Morgan fingerprint density at radius 2 is 1.04 bits per heavy atom. The third kappa shape index (κ3) is 7.18. The number of carboxylic acids is 2. The number of carbonyl (C=O) groups is 6.